The Morgan fingerprint density at radius 2 is 1.76 bits per heavy atom. The fraction of sp³-hybridized carbons (Fsp3) is 0.188. The van der Waals surface area contributed by atoms with E-state index in [1.165, 1.54) is 7.05 Å². The molecule has 1 aromatic carbocycles. The van der Waals surface area contributed by atoms with Crippen molar-refractivity contribution in [2.24, 2.45) is 7.05 Å². The van der Waals surface area contributed by atoms with Crippen molar-refractivity contribution >= 4 is 22.2 Å². The van der Waals surface area contributed by atoms with Gasteiger partial charge in [0, 0.05) is 19.9 Å². The molecule has 0 saturated heterocycles. The molecule has 9 heteroatoms. The van der Waals surface area contributed by atoms with E-state index in [1.54, 1.807) is 0 Å². The predicted molar refractivity (Wildman–Crippen MR) is 91.7 cm³/mol. The van der Waals surface area contributed by atoms with E-state index in [9.17, 15) is 14.4 Å². The summed E-state index contributed by atoms with van der Waals surface area (Å²) in [6, 6.07) is 7.64. The Kier molecular flexibility index (Phi) is 3.34. The number of aromatic amines is 3. The van der Waals surface area contributed by atoms with Gasteiger partial charge in [-0.25, -0.2) is 14.8 Å². The Morgan fingerprint density at radius 3 is 2.56 bits per heavy atom. The summed E-state index contributed by atoms with van der Waals surface area (Å²) in [4.78, 5) is 52.3. The average Bonchev–Trinajstić information content (AvgIpc) is 3.01. The van der Waals surface area contributed by atoms with Crippen LogP contribution in [0.25, 0.3) is 22.2 Å². The summed E-state index contributed by atoms with van der Waals surface area (Å²) in [6.07, 6.45) is 0.785. The van der Waals surface area contributed by atoms with Crippen LogP contribution in [-0.2, 0) is 19.9 Å². The Bertz CT molecular complexity index is 1240. The lowest BCUT2D eigenvalue weighted by atomic mass is 10.2. The minimum absolute atomic E-state index is 0.0290. The van der Waals surface area contributed by atoms with Crippen LogP contribution in [0.5, 0.6) is 0 Å². The van der Waals surface area contributed by atoms with Crippen LogP contribution in [0.15, 0.2) is 38.6 Å². The molecule has 0 aliphatic carbocycles. The fourth-order valence-corrected chi connectivity index (χ4v) is 2.75. The lowest BCUT2D eigenvalue weighted by molar-refractivity contribution is 0.802. The molecule has 0 aliphatic heterocycles. The van der Waals surface area contributed by atoms with E-state index < -0.39 is 16.8 Å². The number of hydrogen-bond acceptors (Lipinski definition) is 5. The van der Waals surface area contributed by atoms with Crippen LogP contribution in [0, 0.1) is 0 Å². The molecule has 0 unspecified atom stereocenters. The summed E-state index contributed by atoms with van der Waals surface area (Å²) in [6.45, 7) is 0. The molecule has 3 heterocycles. The van der Waals surface area contributed by atoms with E-state index in [4.69, 9.17) is 0 Å². The van der Waals surface area contributed by atoms with E-state index in [-0.39, 0.29) is 16.9 Å². The SMILES string of the molecule is Cn1c(=O)[nH]c(=O)c2nc(CCc3nc4ccccc4[nH]3)c(=O)[nH]c21. The zero-order chi connectivity index (χ0) is 17.6. The number of rotatable bonds is 3. The van der Waals surface area contributed by atoms with Gasteiger partial charge < -0.3 is 9.97 Å². The number of aryl methyl sites for hydroxylation is 3. The first-order valence-electron chi connectivity index (χ1n) is 7.69. The molecule has 0 fully saturated rings. The van der Waals surface area contributed by atoms with Gasteiger partial charge >= 0.3 is 5.69 Å². The highest BCUT2D eigenvalue weighted by molar-refractivity contribution is 5.74. The van der Waals surface area contributed by atoms with Gasteiger partial charge in [-0.1, -0.05) is 12.1 Å². The monoisotopic (exact) mass is 338 g/mol. The van der Waals surface area contributed by atoms with E-state index in [0.29, 0.717) is 12.8 Å². The van der Waals surface area contributed by atoms with Crippen molar-refractivity contribution in [2.75, 3.05) is 0 Å². The molecule has 4 aromatic rings. The molecule has 0 aliphatic rings. The molecule has 0 radical (unpaired) electrons. The number of benzene rings is 1. The number of H-pyrrole nitrogens is 3. The first-order valence-corrected chi connectivity index (χ1v) is 7.69. The number of nitrogens with zero attached hydrogens (tertiary/aromatic N) is 3. The summed E-state index contributed by atoms with van der Waals surface area (Å²) < 4.78 is 1.15. The molecule has 3 aromatic heterocycles. The predicted octanol–water partition coefficient (Wildman–Crippen LogP) is -0.0284. The summed E-state index contributed by atoms with van der Waals surface area (Å²) in [5.74, 6) is 0.733. The molecule has 0 amide bonds. The lowest BCUT2D eigenvalue weighted by Crippen LogP contribution is -2.32. The second kappa shape index (κ2) is 5.55. The lowest BCUT2D eigenvalue weighted by Gasteiger charge is -2.04. The first kappa shape index (κ1) is 15.1. The van der Waals surface area contributed by atoms with Crippen LogP contribution in [0.3, 0.4) is 0 Å². The molecule has 0 saturated carbocycles. The zero-order valence-corrected chi connectivity index (χ0v) is 13.3. The van der Waals surface area contributed by atoms with Gasteiger partial charge in [-0.15, -0.1) is 0 Å². The summed E-state index contributed by atoms with van der Waals surface area (Å²) >= 11 is 0. The van der Waals surface area contributed by atoms with Gasteiger partial charge in [0.2, 0.25) is 0 Å². The molecule has 25 heavy (non-hydrogen) atoms. The Morgan fingerprint density at radius 1 is 0.960 bits per heavy atom. The summed E-state index contributed by atoms with van der Waals surface area (Å²) in [5.41, 5.74) is 0.465. The van der Waals surface area contributed by atoms with Crippen molar-refractivity contribution in [2.45, 2.75) is 12.8 Å². The smallest absolute Gasteiger partial charge is 0.329 e. The first-order chi connectivity index (χ1) is 12.0. The van der Waals surface area contributed by atoms with Crippen LogP contribution in [0.2, 0.25) is 0 Å². The normalized spacial score (nSPS) is 11.4. The number of hydrogen-bond donors (Lipinski definition) is 3. The van der Waals surface area contributed by atoms with Crippen molar-refractivity contribution < 1.29 is 0 Å². The number of nitrogens with one attached hydrogen (secondary N) is 3. The fourth-order valence-electron chi connectivity index (χ4n) is 2.75. The van der Waals surface area contributed by atoms with Crippen LogP contribution >= 0.6 is 0 Å². The summed E-state index contributed by atoms with van der Waals surface area (Å²) in [5, 5.41) is 0. The molecule has 9 nitrogen and oxygen atoms in total. The topological polar surface area (TPSA) is 129 Å². The summed E-state index contributed by atoms with van der Waals surface area (Å²) in [7, 11) is 1.45. The number of imidazole rings is 1. The molecule has 4 rings (SSSR count). The maximum Gasteiger partial charge on any atom is 0.329 e. The minimum atomic E-state index is -0.626. The van der Waals surface area contributed by atoms with E-state index in [0.717, 1.165) is 21.4 Å². The maximum atomic E-state index is 12.2. The highest BCUT2D eigenvalue weighted by Gasteiger charge is 2.12. The van der Waals surface area contributed by atoms with Gasteiger partial charge in [-0.2, -0.15) is 0 Å². The number of para-hydroxylation sites is 2. The number of fused-ring (bicyclic) bond motifs is 2. The molecule has 0 spiro atoms. The maximum absolute atomic E-state index is 12.2. The molecule has 3 N–H and O–H groups in total. The van der Waals surface area contributed by atoms with Crippen LogP contribution in [0.4, 0.5) is 0 Å². The molecule has 126 valence electrons. The Labute approximate surface area is 139 Å². The number of aromatic nitrogens is 6. The Hall–Kier alpha value is -3.49. The minimum Gasteiger partial charge on any atom is -0.342 e. The van der Waals surface area contributed by atoms with Gasteiger partial charge in [0.1, 0.15) is 17.2 Å². The molecular formula is C16H14N6O3. The van der Waals surface area contributed by atoms with Crippen LogP contribution in [-0.4, -0.2) is 29.5 Å². The third-order valence-electron chi connectivity index (χ3n) is 4.08. The third-order valence-corrected chi connectivity index (χ3v) is 4.08. The van der Waals surface area contributed by atoms with Crippen LogP contribution < -0.4 is 16.8 Å². The highest BCUT2D eigenvalue weighted by Crippen LogP contribution is 2.11. The van der Waals surface area contributed by atoms with Crippen molar-refractivity contribution in [3.8, 4) is 0 Å². The van der Waals surface area contributed by atoms with Gasteiger partial charge in [0.05, 0.1) is 11.0 Å². The highest BCUT2D eigenvalue weighted by atomic mass is 16.2. The second-order valence-electron chi connectivity index (χ2n) is 5.73. The quantitative estimate of drug-likeness (QED) is 0.483. The van der Waals surface area contributed by atoms with Crippen molar-refractivity contribution in [3.63, 3.8) is 0 Å². The van der Waals surface area contributed by atoms with Crippen molar-refractivity contribution in [1.82, 2.24) is 29.5 Å². The van der Waals surface area contributed by atoms with E-state index in [2.05, 4.69) is 24.9 Å². The van der Waals surface area contributed by atoms with E-state index in [1.807, 2.05) is 24.3 Å². The van der Waals surface area contributed by atoms with Gasteiger partial charge in [0.15, 0.2) is 5.52 Å². The molecule has 0 atom stereocenters. The largest absolute Gasteiger partial charge is 0.342 e. The average molecular weight is 338 g/mol. The van der Waals surface area contributed by atoms with E-state index >= 15 is 0 Å². The van der Waals surface area contributed by atoms with Crippen molar-refractivity contribution in [1.29, 1.82) is 0 Å². The third kappa shape index (κ3) is 2.55. The second-order valence-corrected chi connectivity index (χ2v) is 5.73. The van der Waals surface area contributed by atoms with Gasteiger partial charge in [-0.3, -0.25) is 19.1 Å². The Balaban J connectivity index is 1.72. The molecular weight excluding hydrogens is 324 g/mol. The zero-order valence-electron chi connectivity index (χ0n) is 13.3. The molecule has 0 bridgehead atoms. The van der Waals surface area contributed by atoms with Gasteiger partial charge in [-0.05, 0) is 12.1 Å². The van der Waals surface area contributed by atoms with Crippen LogP contribution in [0.1, 0.15) is 11.5 Å². The van der Waals surface area contributed by atoms with Gasteiger partial charge in [0.25, 0.3) is 11.1 Å². The van der Waals surface area contributed by atoms with Crippen molar-refractivity contribution in [3.05, 3.63) is 67.0 Å². The standard InChI is InChI=1S/C16H14N6O3/c1-22-13-12(15(24)21-16(22)25)19-10(14(23)20-13)6-7-11-17-8-4-2-3-5-9(8)18-11/h2-5H,6-7H2,1H3,(H,17,18)(H,20,23)(H,21,24,25).